The predicted octanol–water partition coefficient (Wildman–Crippen LogP) is 2.20. The third-order valence-electron chi connectivity index (χ3n) is 2.52. The van der Waals surface area contributed by atoms with Crippen molar-refractivity contribution in [2.75, 3.05) is 19.0 Å². The summed E-state index contributed by atoms with van der Waals surface area (Å²) in [6.45, 7) is 2.30. The molecule has 1 atom stereocenters. The van der Waals surface area contributed by atoms with Crippen molar-refractivity contribution in [3.05, 3.63) is 29.2 Å². The minimum absolute atomic E-state index is 0.317. The fourth-order valence-electron chi connectivity index (χ4n) is 1.59. The van der Waals surface area contributed by atoms with E-state index in [-0.39, 0.29) is 12.1 Å². The topological polar surface area (TPSA) is 89.3 Å². The number of hydrogen-bond donors (Lipinski definition) is 2. The largest absolute Gasteiger partial charge is 0.467 e. The van der Waals surface area contributed by atoms with Crippen molar-refractivity contribution in [1.29, 1.82) is 0 Å². The Hall–Kier alpha value is -1.93. The molecule has 0 spiro atoms. The monoisotopic (exact) mass is 296 g/mol. The first kappa shape index (κ1) is 14.5. The first-order chi connectivity index (χ1) is 9.72. The number of anilines is 1. The van der Waals surface area contributed by atoms with E-state index in [1.165, 1.54) is 11.3 Å². The molecule has 108 valence electrons. The second-order valence-electron chi connectivity index (χ2n) is 3.98. The molecule has 0 saturated heterocycles. The van der Waals surface area contributed by atoms with Gasteiger partial charge in [-0.05, 0) is 18.6 Å². The van der Waals surface area contributed by atoms with Gasteiger partial charge in [0.2, 0.25) is 5.13 Å². The van der Waals surface area contributed by atoms with Gasteiger partial charge in [0.1, 0.15) is 16.8 Å². The van der Waals surface area contributed by atoms with E-state index in [9.17, 15) is 4.79 Å². The molecule has 2 amide bonds. The van der Waals surface area contributed by atoms with Crippen LogP contribution in [0.15, 0.2) is 22.8 Å². The van der Waals surface area contributed by atoms with E-state index in [4.69, 9.17) is 9.15 Å². The molecule has 2 N–H and O–H groups in total. The van der Waals surface area contributed by atoms with Gasteiger partial charge in [-0.25, -0.2) is 4.79 Å². The van der Waals surface area contributed by atoms with E-state index in [1.54, 1.807) is 25.5 Å². The third-order valence-corrected chi connectivity index (χ3v) is 3.50. The van der Waals surface area contributed by atoms with Crippen molar-refractivity contribution in [2.45, 2.75) is 19.4 Å². The number of nitrogens with one attached hydrogen (secondary N) is 2. The summed E-state index contributed by atoms with van der Waals surface area (Å²) in [6, 6.07) is 2.82. The molecule has 8 heteroatoms. The summed E-state index contributed by atoms with van der Waals surface area (Å²) >= 11 is 1.35. The van der Waals surface area contributed by atoms with E-state index in [2.05, 4.69) is 20.8 Å². The van der Waals surface area contributed by atoms with Crippen LogP contribution in [0.4, 0.5) is 9.93 Å². The lowest BCUT2D eigenvalue weighted by Crippen LogP contribution is -2.34. The first-order valence-electron chi connectivity index (χ1n) is 6.15. The Labute approximate surface area is 120 Å². The summed E-state index contributed by atoms with van der Waals surface area (Å²) in [5.74, 6) is 0.633. The van der Waals surface area contributed by atoms with Gasteiger partial charge in [-0.1, -0.05) is 18.3 Å². The zero-order chi connectivity index (χ0) is 14.4. The fraction of sp³-hybridized carbons (Fsp3) is 0.417. The minimum atomic E-state index is -0.373. The second-order valence-corrected chi connectivity index (χ2v) is 5.04. The number of hydrogen-bond acceptors (Lipinski definition) is 6. The molecule has 0 aliphatic heterocycles. The van der Waals surface area contributed by atoms with Gasteiger partial charge >= 0.3 is 6.03 Å². The Morgan fingerprint density at radius 2 is 2.40 bits per heavy atom. The van der Waals surface area contributed by atoms with Crippen molar-refractivity contribution in [3.8, 4) is 0 Å². The van der Waals surface area contributed by atoms with Crippen LogP contribution in [-0.4, -0.2) is 29.9 Å². The molecule has 0 fully saturated rings. The molecule has 2 aromatic heterocycles. The van der Waals surface area contributed by atoms with Crippen molar-refractivity contribution in [1.82, 2.24) is 15.5 Å². The lowest BCUT2D eigenvalue weighted by atomic mass is 10.2. The van der Waals surface area contributed by atoms with Crippen LogP contribution in [0.1, 0.15) is 23.7 Å². The average Bonchev–Trinajstić information content (AvgIpc) is 3.09. The predicted molar refractivity (Wildman–Crippen MR) is 74.8 cm³/mol. The highest BCUT2D eigenvalue weighted by atomic mass is 32.1. The summed E-state index contributed by atoms with van der Waals surface area (Å²) in [4.78, 5) is 11.9. The van der Waals surface area contributed by atoms with Crippen LogP contribution >= 0.6 is 11.3 Å². The maximum atomic E-state index is 11.9. The van der Waals surface area contributed by atoms with Crippen LogP contribution in [0.5, 0.6) is 0 Å². The van der Waals surface area contributed by atoms with Crippen LogP contribution in [0.25, 0.3) is 0 Å². The number of furan rings is 1. The molecule has 2 heterocycles. The fourth-order valence-corrected chi connectivity index (χ4v) is 2.26. The Morgan fingerprint density at radius 3 is 3.00 bits per heavy atom. The zero-order valence-electron chi connectivity index (χ0n) is 11.3. The summed E-state index contributed by atoms with van der Waals surface area (Å²) < 4.78 is 10.3. The van der Waals surface area contributed by atoms with Crippen LogP contribution in [-0.2, 0) is 11.2 Å². The van der Waals surface area contributed by atoms with E-state index in [0.29, 0.717) is 17.5 Å². The lowest BCUT2D eigenvalue weighted by molar-refractivity contribution is 0.159. The van der Waals surface area contributed by atoms with Gasteiger partial charge in [-0.2, -0.15) is 0 Å². The Morgan fingerprint density at radius 1 is 1.55 bits per heavy atom. The van der Waals surface area contributed by atoms with Crippen molar-refractivity contribution < 1.29 is 13.9 Å². The van der Waals surface area contributed by atoms with E-state index >= 15 is 0 Å². The summed E-state index contributed by atoms with van der Waals surface area (Å²) in [7, 11) is 1.56. The lowest BCUT2D eigenvalue weighted by Gasteiger charge is -2.15. The van der Waals surface area contributed by atoms with E-state index < -0.39 is 0 Å². The van der Waals surface area contributed by atoms with E-state index in [1.807, 2.05) is 6.92 Å². The summed E-state index contributed by atoms with van der Waals surface area (Å²) in [5.41, 5.74) is 0. The number of urea groups is 1. The van der Waals surface area contributed by atoms with E-state index in [0.717, 1.165) is 11.4 Å². The van der Waals surface area contributed by atoms with Crippen LogP contribution in [0.3, 0.4) is 0 Å². The van der Waals surface area contributed by atoms with Crippen LogP contribution < -0.4 is 10.6 Å². The Balaban J connectivity index is 1.94. The molecule has 0 aromatic carbocycles. The van der Waals surface area contributed by atoms with Gasteiger partial charge in [0.15, 0.2) is 0 Å². The van der Waals surface area contributed by atoms with Gasteiger partial charge in [-0.15, -0.1) is 10.2 Å². The number of nitrogens with zero attached hydrogens (tertiary/aromatic N) is 2. The van der Waals surface area contributed by atoms with Gasteiger partial charge in [0, 0.05) is 7.11 Å². The van der Waals surface area contributed by atoms with Crippen molar-refractivity contribution >= 4 is 22.5 Å². The Kier molecular flexibility index (Phi) is 5.08. The van der Waals surface area contributed by atoms with Gasteiger partial charge in [0.25, 0.3) is 0 Å². The molecule has 1 unspecified atom stereocenters. The number of carbonyl (C=O) groups excluding carboxylic acids is 1. The Bertz CT molecular complexity index is 541. The number of aromatic nitrogens is 2. The molecule has 20 heavy (non-hydrogen) atoms. The number of methoxy groups -OCH3 is 1. The molecule has 2 aromatic rings. The summed E-state index contributed by atoms with van der Waals surface area (Å²) in [6.07, 6.45) is 2.34. The van der Waals surface area contributed by atoms with Gasteiger partial charge in [-0.3, -0.25) is 5.32 Å². The molecule has 2 rings (SSSR count). The van der Waals surface area contributed by atoms with Crippen molar-refractivity contribution in [2.24, 2.45) is 0 Å². The number of aryl methyl sites for hydroxylation is 1. The zero-order valence-corrected chi connectivity index (χ0v) is 12.1. The highest BCUT2D eigenvalue weighted by Gasteiger charge is 2.17. The second kappa shape index (κ2) is 7.01. The number of amides is 2. The molecule has 0 aliphatic carbocycles. The molecule has 0 bridgehead atoms. The SMILES string of the molecule is CCc1nnc(NC(=O)NC(COC)c2ccco2)s1. The quantitative estimate of drug-likeness (QED) is 0.853. The molecule has 7 nitrogen and oxygen atoms in total. The standard InChI is InChI=1S/C12H16N4O3S/c1-3-10-15-16-12(20-10)14-11(17)13-8(7-18-2)9-5-4-6-19-9/h4-6,8H,3,7H2,1-2H3,(H2,13,14,16,17). The molecular weight excluding hydrogens is 280 g/mol. The smallest absolute Gasteiger partial charge is 0.321 e. The van der Waals surface area contributed by atoms with Crippen LogP contribution in [0.2, 0.25) is 0 Å². The maximum Gasteiger partial charge on any atom is 0.321 e. The van der Waals surface area contributed by atoms with Gasteiger partial charge < -0.3 is 14.5 Å². The summed E-state index contributed by atoms with van der Waals surface area (Å²) in [5, 5.41) is 14.6. The average molecular weight is 296 g/mol. The van der Waals surface area contributed by atoms with Crippen molar-refractivity contribution in [3.63, 3.8) is 0 Å². The van der Waals surface area contributed by atoms with Gasteiger partial charge in [0.05, 0.1) is 12.9 Å². The first-order valence-corrected chi connectivity index (χ1v) is 6.96. The molecular formula is C12H16N4O3S. The number of carbonyl (C=O) groups is 1. The maximum absolute atomic E-state index is 11.9. The normalized spacial score (nSPS) is 12.1. The van der Waals surface area contributed by atoms with Crippen LogP contribution in [0, 0.1) is 0 Å². The third kappa shape index (κ3) is 3.78. The minimum Gasteiger partial charge on any atom is -0.467 e. The molecule has 0 saturated carbocycles. The number of ether oxygens (including phenoxy) is 1. The highest BCUT2D eigenvalue weighted by Crippen LogP contribution is 2.17. The highest BCUT2D eigenvalue weighted by molar-refractivity contribution is 7.15. The molecule has 0 aliphatic rings. The number of rotatable bonds is 6. The molecule has 0 radical (unpaired) electrons.